The number of amides is 1. The molecule has 124 valence electrons. The zero-order valence-electron chi connectivity index (χ0n) is 14.2. The molecule has 24 heavy (non-hydrogen) atoms. The molecule has 1 aromatic heterocycles. The molecule has 0 aliphatic heterocycles. The predicted molar refractivity (Wildman–Crippen MR) is 94.1 cm³/mol. The van der Waals surface area contributed by atoms with E-state index in [1.54, 1.807) is 18.3 Å². The Bertz CT molecular complexity index is 838. The molecule has 4 heteroatoms. The van der Waals surface area contributed by atoms with E-state index in [1.807, 2.05) is 62.5 Å². The zero-order chi connectivity index (χ0) is 17.1. The van der Waals surface area contributed by atoms with Crippen LogP contribution in [0.3, 0.4) is 0 Å². The first-order valence-electron chi connectivity index (χ1n) is 7.95. The average molecular weight is 323 g/mol. The van der Waals surface area contributed by atoms with Crippen molar-refractivity contribution in [2.75, 3.05) is 14.2 Å². The van der Waals surface area contributed by atoms with Gasteiger partial charge in [0, 0.05) is 24.1 Å². The van der Waals surface area contributed by atoms with Crippen LogP contribution in [-0.4, -0.2) is 25.0 Å². The van der Waals surface area contributed by atoms with E-state index in [-0.39, 0.29) is 11.9 Å². The first kappa shape index (κ1) is 16.1. The number of likely N-dealkylation sites (N-methyl/N-ethyl adjacent to an activating group) is 1. The molecule has 0 saturated heterocycles. The van der Waals surface area contributed by atoms with Gasteiger partial charge < -0.3 is 14.1 Å². The minimum absolute atomic E-state index is 0.0250. The Morgan fingerprint density at radius 2 is 1.96 bits per heavy atom. The fourth-order valence-corrected chi connectivity index (χ4v) is 2.79. The van der Waals surface area contributed by atoms with Gasteiger partial charge >= 0.3 is 0 Å². The molecule has 0 spiro atoms. The Hall–Kier alpha value is -2.75. The van der Waals surface area contributed by atoms with Gasteiger partial charge in [0.25, 0.3) is 0 Å². The van der Waals surface area contributed by atoms with Gasteiger partial charge in [-0.2, -0.15) is 0 Å². The summed E-state index contributed by atoms with van der Waals surface area (Å²) in [5.74, 6) is 0.800. The van der Waals surface area contributed by atoms with Gasteiger partial charge in [-0.1, -0.05) is 30.3 Å². The molecule has 3 aromatic rings. The van der Waals surface area contributed by atoms with Crippen LogP contribution in [0.1, 0.15) is 24.1 Å². The van der Waals surface area contributed by atoms with Crippen LogP contribution in [0.15, 0.2) is 59.2 Å². The van der Waals surface area contributed by atoms with Crippen molar-refractivity contribution in [2.24, 2.45) is 0 Å². The average Bonchev–Trinajstić information content (AvgIpc) is 3.03. The number of benzene rings is 2. The van der Waals surface area contributed by atoms with Gasteiger partial charge in [0.15, 0.2) is 0 Å². The van der Waals surface area contributed by atoms with Crippen LogP contribution in [0.25, 0.3) is 11.0 Å². The van der Waals surface area contributed by atoms with E-state index in [0.717, 1.165) is 27.8 Å². The van der Waals surface area contributed by atoms with E-state index in [1.165, 1.54) is 0 Å². The Balaban J connectivity index is 1.77. The third-order valence-corrected chi connectivity index (χ3v) is 4.46. The molecule has 0 aliphatic carbocycles. The smallest absolute Gasteiger partial charge is 0.227 e. The minimum atomic E-state index is 0.0250. The van der Waals surface area contributed by atoms with E-state index >= 15 is 0 Å². The van der Waals surface area contributed by atoms with Crippen molar-refractivity contribution in [2.45, 2.75) is 19.4 Å². The van der Waals surface area contributed by atoms with Gasteiger partial charge in [-0.05, 0) is 24.6 Å². The van der Waals surface area contributed by atoms with Crippen LogP contribution >= 0.6 is 0 Å². The SMILES string of the molecule is COc1ccc2c(CC(=O)N(C)C(C)c3ccccc3)coc2c1. The Labute approximate surface area is 141 Å². The monoisotopic (exact) mass is 323 g/mol. The Kier molecular flexibility index (Phi) is 4.56. The van der Waals surface area contributed by atoms with Crippen molar-refractivity contribution >= 4 is 16.9 Å². The van der Waals surface area contributed by atoms with Gasteiger partial charge in [0.05, 0.1) is 25.8 Å². The molecule has 0 bridgehead atoms. The molecule has 0 saturated carbocycles. The van der Waals surface area contributed by atoms with Crippen molar-refractivity contribution in [3.8, 4) is 5.75 Å². The maximum atomic E-state index is 12.7. The van der Waals surface area contributed by atoms with Crippen LogP contribution in [0.4, 0.5) is 0 Å². The van der Waals surface area contributed by atoms with Crippen molar-refractivity contribution in [1.29, 1.82) is 0 Å². The number of methoxy groups -OCH3 is 1. The number of ether oxygens (including phenoxy) is 1. The fraction of sp³-hybridized carbons (Fsp3) is 0.250. The Morgan fingerprint density at radius 1 is 1.21 bits per heavy atom. The quantitative estimate of drug-likeness (QED) is 0.706. The molecule has 0 fully saturated rings. The van der Waals surface area contributed by atoms with Gasteiger partial charge in [-0.25, -0.2) is 0 Å². The van der Waals surface area contributed by atoms with Gasteiger partial charge in [0.1, 0.15) is 11.3 Å². The summed E-state index contributed by atoms with van der Waals surface area (Å²) in [6.45, 7) is 2.03. The summed E-state index contributed by atoms with van der Waals surface area (Å²) in [5.41, 5.74) is 2.75. The second kappa shape index (κ2) is 6.79. The molecule has 4 nitrogen and oxygen atoms in total. The number of carbonyl (C=O) groups is 1. The normalized spacial score (nSPS) is 12.1. The lowest BCUT2D eigenvalue weighted by Crippen LogP contribution is -2.30. The number of carbonyl (C=O) groups excluding carboxylic acids is 1. The second-order valence-electron chi connectivity index (χ2n) is 5.89. The lowest BCUT2D eigenvalue weighted by Gasteiger charge is -2.25. The molecule has 1 atom stereocenters. The van der Waals surface area contributed by atoms with Crippen LogP contribution < -0.4 is 4.74 Å². The summed E-state index contributed by atoms with van der Waals surface area (Å²) in [5, 5.41) is 0.949. The highest BCUT2D eigenvalue weighted by Crippen LogP contribution is 2.27. The van der Waals surface area contributed by atoms with Crippen molar-refractivity contribution in [3.05, 3.63) is 65.9 Å². The molecule has 0 radical (unpaired) electrons. The van der Waals surface area contributed by atoms with E-state index in [0.29, 0.717) is 6.42 Å². The first-order valence-corrected chi connectivity index (χ1v) is 7.95. The van der Waals surface area contributed by atoms with Crippen molar-refractivity contribution in [1.82, 2.24) is 4.90 Å². The molecule has 1 unspecified atom stereocenters. The van der Waals surface area contributed by atoms with Crippen molar-refractivity contribution < 1.29 is 13.9 Å². The number of rotatable bonds is 5. The zero-order valence-corrected chi connectivity index (χ0v) is 14.2. The first-order chi connectivity index (χ1) is 11.6. The third kappa shape index (κ3) is 3.13. The van der Waals surface area contributed by atoms with Crippen LogP contribution in [0, 0.1) is 0 Å². The molecule has 3 rings (SSSR count). The van der Waals surface area contributed by atoms with E-state index in [9.17, 15) is 4.79 Å². The molecule has 2 aromatic carbocycles. The number of hydrogen-bond acceptors (Lipinski definition) is 3. The van der Waals surface area contributed by atoms with E-state index in [4.69, 9.17) is 9.15 Å². The minimum Gasteiger partial charge on any atom is -0.497 e. The van der Waals surface area contributed by atoms with Crippen LogP contribution in [-0.2, 0) is 11.2 Å². The highest BCUT2D eigenvalue weighted by molar-refractivity contribution is 5.88. The lowest BCUT2D eigenvalue weighted by atomic mass is 10.1. The summed E-state index contributed by atoms with van der Waals surface area (Å²) in [6.07, 6.45) is 1.97. The summed E-state index contributed by atoms with van der Waals surface area (Å²) in [6, 6.07) is 15.7. The van der Waals surface area contributed by atoms with Gasteiger partial charge in [-0.3, -0.25) is 4.79 Å². The lowest BCUT2D eigenvalue weighted by molar-refractivity contribution is -0.131. The van der Waals surface area contributed by atoms with E-state index in [2.05, 4.69) is 0 Å². The number of hydrogen-bond donors (Lipinski definition) is 0. The highest BCUT2D eigenvalue weighted by Gasteiger charge is 2.19. The highest BCUT2D eigenvalue weighted by atomic mass is 16.5. The van der Waals surface area contributed by atoms with Crippen LogP contribution in [0.5, 0.6) is 5.75 Å². The second-order valence-corrected chi connectivity index (χ2v) is 5.89. The maximum Gasteiger partial charge on any atom is 0.227 e. The van der Waals surface area contributed by atoms with Crippen molar-refractivity contribution in [3.63, 3.8) is 0 Å². The fourth-order valence-electron chi connectivity index (χ4n) is 2.79. The van der Waals surface area contributed by atoms with E-state index < -0.39 is 0 Å². The maximum absolute atomic E-state index is 12.7. The summed E-state index contributed by atoms with van der Waals surface area (Å²) in [4.78, 5) is 14.4. The van der Waals surface area contributed by atoms with Gasteiger partial charge in [-0.15, -0.1) is 0 Å². The van der Waals surface area contributed by atoms with Gasteiger partial charge in [0.2, 0.25) is 5.91 Å². The summed E-state index contributed by atoms with van der Waals surface area (Å²) in [7, 11) is 3.46. The molecule has 1 amide bonds. The molecular formula is C20H21NO3. The topological polar surface area (TPSA) is 42.7 Å². The molecule has 0 N–H and O–H groups in total. The van der Waals surface area contributed by atoms with Crippen LogP contribution in [0.2, 0.25) is 0 Å². The Morgan fingerprint density at radius 3 is 2.67 bits per heavy atom. The number of nitrogens with zero attached hydrogens (tertiary/aromatic N) is 1. The molecular weight excluding hydrogens is 302 g/mol. The summed E-state index contributed by atoms with van der Waals surface area (Å²) >= 11 is 0. The predicted octanol–water partition coefficient (Wildman–Crippen LogP) is 4.20. The number of furan rings is 1. The molecule has 0 aliphatic rings. The largest absolute Gasteiger partial charge is 0.497 e. The standard InChI is InChI=1S/C20H21NO3/c1-14(15-7-5-4-6-8-15)21(2)20(22)11-16-13-24-19-12-17(23-3)9-10-18(16)19/h4-10,12-14H,11H2,1-3H3. The molecule has 1 heterocycles. The summed E-state index contributed by atoms with van der Waals surface area (Å²) < 4.78 is 10.8. The number of fused-ring (bicyclic) bond motifs is 1. The third-order valence-electron chi connectivity index (χ3n) is 4.46.